The zero-order valence-corrected chi connectivity index (χ0v) is 25.0. The summed E-state index contributed by atoms with van der Waals surface area (Å²) >= 11 is 0. The van der Waals surface area contributed by atoms with Crippen LogP contribution in [0, 0.1) is 0 Å². The van der Waals surface area contributed by atoms with E-state index < -0.39 is 40.7 Å². The van der Waals surface area contributed by atoms with E-state index in [1.165, 1.54) is 56.0 Å². The lowest BCUT2D eigenvalue weighted by molar-refractivity contribution is -0.137. The summed E-state index contributed by atoms with van der Waals surface area (Å²) in [5.41, 5.74) is -2.36. The molecule has 1 saturated heterocycles. The number of amides is 3. The van der Waals surface area contributed by atoms with Gasteiger partial charge in [0.25, 0.3) is 5.91 Å². The number of benzene rings is 1. The lowest BCUT2D eigenvalue weighted by Gasteiger charge is -2.33. The summed E-state index contributed by atoms with van der Waals surface area (Å²) in [4.78, 5) is 47.8. The van der Waals surface area contributed by atoms with E-state index in [9.17, 15) is 32.7 Å². The highest BCUT2D eigenvalue weighted by Gasteiger charge is 2.44. The molecule has 1 aliphatic heterocycles. The van der Waals surface area contributed by atoms with E-state index in [0.717, 1.165) is 11.0 Å². The van der Waals surface area contributed by atoms with Gasteiger partial charge in [0.2, 0.25) is 5.91 Å². The van der Waals surface area contributed by atoms with E-state index in [2.05, 4.69) is 25.9 Å². The predicted molar refractivity (Wildman–Crippen MR) is 157 cm³/mol. The van der Waals surface area contributed by atoms with Crippen LogP contribution in [-0.2, 0) is 22.3 Å². The standard InChI is InChI=1S/C30H33F3N6O6/c1-28(2,3)39(27(42)43)21-11-18(13-34-16-21)25(40)38-29(9-10-45-17-29)26(41)36-14-19-5-6-20(15-35-19)37-24-8-7-22(44-4)12-23(24)30(31,32)33/h5-8,11-13,15-16,37H,9-10,14,17H2,1-4H3,(H,36,41)(H,38,40)(H,42,43)/t29-/m0/s1. The van der Waals surface area contributed by atoms with Crippen molar-refractivity contribution in [2.75, 3.05) is 30.5 Å². The second-order valence-electron chi connectivity index (χ2n) is 11.3. The van der Waals surface area contributed by atoms with Gasteiger partial charge in [-0.2, -0.15) is 13.2 Å². The Labute approximate surface area is 257 Å². The van der Waals surface area contributed by atoms with Crippen molar-refractivity contribution in [3.63, 3.8) is 0 Å². The smallest absolute Gasteiger partial charge is 0.418 e. The molecule has 0 aliphatic carbocycles. The van der Waals surface area contributed by atoms with Crippen molar-refractivity contribution in [2.45, 2.75) is 51.0 Å². The number of aromatic nitrogens is 2. The molecular weight excluding hydrogens is 597 g/mol. The van der Waals surface area contributed by atoms with Crippen LogP contribution < -0.4 is 25.6 Å². The Morgan fingerprint density at radius 3 is 2.42 bits per heavy atom. The fraction of sp³-hybridized carbons (Fsp3) is 0.367. The number of nitrogens with zero attached hydrogens (tertiary/aromatic N) is 3. The molecule has 45 heavy (non-hydrogen) atoms. The molecule has 0 unspecified atom stereocenters. The third-order valence-electron chi connectivity index (χ3n) is 6.98. The summed E-state index contributed by atoms with van der Waals surface area (Å²) in [5.74, 6) is -1.11. The van der Waals surface area contributed by atoms with Crippen molar-refractivity contribution < 1.29 is 42.1 Å². The third-order valence-corrected chi connectivity index (χ3v) is 6.98. The Morgan fingerprint density at radius 1 is 1.09 bits per heavy atom. The number of pyridine rings is 2. The minimum Gasteiger partial charge on any atom is -0.497 e. The van der Waals surface area contributed by atoms with Crippen LogP contribution >= 0.6 is 0 Å². The first kappa shape index (κ1) is 33.0. The summed E-state index contributed by atoms with van der Waals surface area (Å²) in [5, 5.41) is 17.9. The molecule has 3 heterocycles. The average Bonchev–Trinajstić information content (AvgIpc) is 3.45. The molecule has 0 radical (unpaired) electrons. The van der Waals surface area contributed by atoms with Crippen LogP contribution in [0.2, 0.25) is 0 Å². The molecule has 15 heteroatoms. The fourth-order valence-corrected chi connectivity index (χ4v) is 4.74. The number of halogens is 3. The van der Waals surface area contributed by atoms with Crippen LogP contribution in [0.1, 0.15) is 48.8 Å². The molecule has 0 spiro atoms. The monoisotopic (exact) mass is 630 g/mol. The molecule has 1 fully saturated rings. The molecule has 1 aromatic carbocycles. The van der Waals surface area contributed by atoms with Crippen molar-refractivity contribution in [3.05, 3.63) is 71.8 Å². The first-order chi connectivity index (χ1) is 21.1. The van der Waals surface area contributed by atoms with E-state index in [1.54, 1.807) is 20.8 Å². The number of carbonyl (C=O) groups is 3. The zero-order chi connectivity index (χ0) is 33.0. The molecule has 3 amide bonds. The number of nitrogens with one attached hydrogen (secondary N) is 3. The van der Waals surface area contributed by atoms with E-state index in [-0.39, 0.29) is 54.6 Å². The Bertz CT molecular complexity index is 1550. The summed E-state index contributed by atoms with van der Waals surface area (Å²) in [7, 11) is 1.28. The average molecular weight is 631 g/mol. The molecule has 4 rings (SSSR count). The third kappa shape index (κ3) is 7.78. The number of anilines is 3. The minimum absolute atomic E-state index is 0.0384. The first-order valence-corrected chi connectivity index (χ1v) is 13.8. The summed E-state index contributed by atoms with van der Waals surface area (Å²) in [6.45, 7) is 5.18. The van der Waals surface area contributed by atoms with E-state index in [1.807, 2.05) is 0 Å². The molecule has 3 aromatic rings. The van der Waals surface area contributed by atoms with Gasteiger partial charge in [0.05, 0.1) is 66.5 Å². The molecule has 0 bridgehead atoms. The van der Waals surface area contributed by atoms with Crippen LogP contribution in [0.3, 0.4) is 0 Å². The summed E-state index contributed by atoms with van der Waals surface area (Å²) in [6, 6.07) is 7.99. The maximum Gasteiger partial charge on any atom is 0.418 e. The molecule has 240 valence electrons. The number of hydrogen-bond donors (Lipinski definition) is 4. The number of alkyl halides is 3. The van der Waals surface area contributed by atoms with Crippen molar-refractivity contribution in [3.8, 4) is 5.75 Å². The van der Waals surface area contributed by atoms with Gasteiger partial charge in [0.1, 0.15) is 11.3 Å². The quantitative estimate of drug-likeness (QED) is 0.263. The number of hydrogen-bond acceptors (Lipinski definition) is 8. The van der Waals surface area contributed by atoms with E-state index >= 15 is 0 Å². The van der Waals surface area contributed by atoms with Crippen LogP contribution in [-0.4, -0.2) is 64.4 Å². The normalized spacial score (nSPS) is 16.5. The molecule has 1 atom stereocenters. The highest BCUT2D eigenvalue weighted by molar-refractivity contribution is 6.00. The van der Waals surface area contributed by atoms with Gasteiger partial charge in [0, 0.05) is 24.8 Å². The molecule has 0 saturated carbocycles. The van der Waals surface area contributed by atoms with Gasteiger partial charge in [-0.1, -0.05) is 0 Å². The lowest BCUT2D eigenvalue weighted by Crippen LogP contribution is -2.59. The Hall–Kier alpha value is -4.92. The Balaban J connectivity index is 1.43. The van der Waals surface area contributed by atoms with Gasteiger partial charge in [0.15, 0.2) is 0 Å². The second-order valence-corrected chi connectivity index (χ2v) is 11.3. The number of rotatable bonds is 9. The number of methoxy groups -OCH3 is 1. The molecule has 2 aromatic heterocycles. The van der Waals surface area contributed by atoms with Crippen molar-refractivity contribution in [1.82, 2.24) is 20.6 Å². The predicted octanol–water partition coefficient (Wildman–Crippen LogP) is 4.74. The fourth-order valence-electron chi connectivity index (χ4n) is 4.74. The Kier molecular flexibility index (Phi) is 9.51. The largest absolute Gasteiger partial charge is 0.497 e. The van der Waals surface area contributed by atoms with Gasteiger partial charge in [-0.15, -0.1) is 0 Å². The van der Waals surface area contributed by atoms with Crippen LogP contribution in [0.5, 0.6) is 5.75 Å². The lowest BCUT2D eigenvalue weighted by atomic mass is 9.96. The first-order valence-electron chi connectivity index (χ1n) is 13.8. The minimum atomic E-state index is -4.62. The van der Waals surface area contributed by atoms with Crippen LogP contribution in [0.4, 0.5) is 35.0 Å². The van der Waals surface area contributed by atoms with Gasteiger partial charge in [-0.25, -0.2) is 4.79 Å². The van der Waals surface area contributed by atoms with Crippen LogP contribution in [0.15, 0.2) is 55.0 Å². The van der Waals surface area contributed by atoms with Gasteiger partial charge >= 0.3 is 12.3 Å². The summed E-state index contributed by atoms with van der Waals surface area (Å²) in [6.07, 6.45) is -1.72. The molecular formula is C30H33F3N6O6. The SMILES string of the molecule is COc1ccc(Nc2ccc(CNC(=O)[C@]3(NC(=O)c4cncc(N(C(=O)O)C(C)(C)C)c4)CCOC3)nc2)c(C(F)(F)F)c1. The number of carboxylic acid groups (broad SMARTS) is 1. The number of ether oxygens (including phenoxy) is 2. The van der Waals surface area contributed by atoms with Crippen molar-refractivity contribution >= 4 is 35.0 Å². The molecule has 12 nitrogen and oxygen atoms in total. The van der Waals surface area contributed by atoms with Crippen LogP contribution in [0.25, 0.3) is 0 Å². The second kappa shape index (κ2) is 13.0. The molecule has 1 aliphatic rings. The Morgan fingerprint density at radius 2 is 1.84 bits per heavy atom. The molecule has 4 N–H and O–H groups in total. The van der Waals surface area contributed by atoms with Gasteiger partial charge < -0.3 is 30.5 Å². The van der Waals surface area contributed by atoms with E-state index in [0.29, 0.717) is 5.69 Å². The topological polar surface area (TPSA) is 155 Å². The highest BCUT2D eigenvalue weighted by atomic mass is 19.4. The zero-order valence-electron chi connectivity index (χ0n) is 25.0. The van der Waals surface area contributed by atoms with Crippen molar-refractivity contribution in [2.24, 2.45) is 0 Å². The van der Waals surface area contributed by atoms with Gasteiger partial charge in [-0.3, -0.25) is 24.5 Å². The number of carbonyl (C=O) groups excluding carboxylic acids is 2. The highest BCUT2D eigenvalue weighted by Crippen LogP contribution is 2.38. The maximum absolute atomic E-state index is 13.6. The summed E-state index contributed by atoms with van der Waals surface area (Å²) < 4.78 is 51.0. The van der Waals surface area contributed by atoms with Gasteiger partial charge in [-0.05, 0) is 57.2 Å². The maximum atomic E-state index is 13.6. The van der Waals surface area contributed by atoms with Crippen molar-refractivity contribution in [1.29, 1.82) is 0 Å². The van der Waals surface area contributed by atoms with E-state index in [4.69, 9.17) is 9.47 Å².